The maximum Gasteiger partial charge on any atom is 0.243 e. The first-order valence-electron chi connectivity index (χ1n) is 8.74. The van der Waals surface area contributed by atoms with Crippen LogP contribution in [0.5, 0.6) is 0 Å². The van der Waals surface area contributed by atoms with Crippen LogP contribution >= 0.6 is 24.0 Å². The average molecular weight is 466 g/mol. The van der Waals surface area contributed by atoms with Crippen molar-refractivity contribution in [1.29, 1.82) is 0 Å². The Morgan fingerprint density at radius 1 is 1.28 bits per heavy atom. The molecule has 0 spiro atoms. The van der Waals surface area contributed by atoms with Crippen LogP contribution in [0.4, 0.5) is 0 Å². The number of amides is 1. The Labute approximate surface area is 169 Å². The third-order valence-corrected chi connectivity index (χ3v) is 4.56. The summed E-state index contributed by atoms with van der Waals surface area (Å²) in [6.07, 6.45) is 6.04. The molecule has 1 aliphatic carbocycles. The van der Waals surface area contributed by atoms with E-state index >= 15 is 0 Å². The minimum absolute atomic E-state index is 0. The molecule has 0 aromatic rings. The Hall–Kier alpha value is -0.830. The first kappa shape index (κ1) is 24.2. The van der Waals surface area contributed by atoms with Gasteiger partial charge < -0.3 is 20.3 Å². The quantitative estimate of drug-likeness (QED) is 0.237. The van der Waals surface area contributed by atoms with Gasteiger partial charge in [-0.1, -0.05) is 25.0 Å². The van der Waals surface area contributed by atoms with Gasteiger partial charge in [0.15, 0.2) is 5.96 Å². The van der Waals surface area contributed by atoms with Crippen LogP contribution in [0.3, 0.4) is 0 Å². The summed E-state index contributed by atoms with van der Waals surface area (Å²) < 4.78 is 5.28. The number of carbonyl (C=O) groups is 1. The second-order valence-electron chi connectivity index (χ2n) is 7.07. The predicted octanol–water partition coefficient (Wildman–Crippen LogP) is 2.40. The van der Waals surface area contributed by atoms with Crippen LogP contribution in [0.15, 0.2) is 17.1 Å². The largest absolute Gasteiger partial charge is 0.385 e. The molecule has 25 heavy (non-hydrogen) atoms. The Morgan fingerprint density at radius 3 is 2.44 bits per heavy atom. The summed E-state index contributed by atoms with van der Waals surface area (Å²) in [6, 6.07) is 0. The first-order chi connectivity index (χ1) is 11.4. The van der Waals surface area contributed by atoms with Crippen LogP contribution in [-0.2, 0) is 9.53 Å². The molecular formula is C18H35IN4O2. The number of guanidine groups is 1. The van der Waals surface area contributed by atoms with E-state index in [0.717, 1.165) is 25.1 Å². The third-order valence-electron chi connectivity index (χ3n) is 4.56. The molecule has 1 amide bonds. The van der Waals surface area contributed by atoms with Gasteiger partial charge in [0, 0.05) is 40.9 Å². The molecule has 6 nitrogen and oxygen atoms in total. The fourth-order valence-corrected chi connectivity index (χ4v) is 2.93. The summed E-state index contributed by atoms with van der Waals surface area (Å²) >= 11 is 0. The maximum absolute atomic E-state index is 11.8. The van der Waals surface area contributed by atoms with Crippen molar-refractivity contribution in [3.05, 3.63) is 12.2 Å². The number of likely N-dealkylation sites (N-methyl/N-ethyl adjacent to an activating group) is 1. The molecule has 0 aliphatic heterocycles. The third kappa shape index (κ3) is 9.44. The van der Waals surface area contributed by atoms with Gasteiger partial charge in [-0.2, -0.15) is 0 Å². The Kier molecular flexibility index (Phi) is 12.1. The van der Waals surface area contributed by atoms with Gasteiger partial charge in [0.25, 0.3) is 0 Å². The molecule has 0 radical (unpaired) electrons. The lowest BCUT2D eigenvalue weighted by atomic mass is 9.83. The average Bonchev–Trinajstić information content (AvgIpc) is 3.00. The van der Waals surface area contributed by atoms with E-state index in [-0.39, 0.29) is 41.8 Å². The molecule has 0 atom stereocenters. The first-order valence-corrected chi connectivity index (χ1v) is 8.74. The molecule has 7 heteroatoms. The Bertz CT molecular complexity index is 446. The number of aliphatic imine (C=N–C) groups is 1. The minimum atomic E-state index is -0.0126. The SMILES string of the molecule is C=C(C)CNC(=NCC(=O)N(C)C)NCC1(CCOC)CCCC1.I. The van der Waals surface area contributed by atoms with Crippen LogP contribution in [0.1, 0.15) is 39.0 Å². The zero-order valence-electron chi connectivity index (χ0n) is 16.2. The molecule has 1 aliphatic rings. The Morgan fingerprint density at radius 2 is 1.92 bits per heavy atom. The molecule has 1 fully saturated rings. The second-order valence-corrected chi connectivity index (χ2v) is 7.07. The lowest BCUT2D eigenvalue weighted by molar-refractivity contribution is -0.127. The normalized spacial score (nSPS) is 16.1. The fourth-order valence-electron chi connectivity index (χ4n) is 2.93. The molecule has 0 bridgehead atoms. The van der Waals surface area contributed by atoms with Crippen molar-refractivity contribution in [3.8, 4) is 0 Å². The highest BCUT2D eigenvalue weighted by Crippen LogP contribution is 2.40. The number of methoxy groups -OCH3 is 1. The van der Waals surface area contributed by atoms with Gasteiger partial charge in [0.05, 0.1) is 0 Å². The minimum Gasteiger partial charge on any atom is -0.385 e. The van der Waals surface area contributed by atoms with E-state index in [0.29, 0.717) is 12.5 Å². The van der Waals surface area contributed by atoms with Gasteiger partial charge in [-0.15, -0.1) is 24.0 Å². The van der Waals surface area contributed by atoms with Crippen LogP contribution in [0, 0.1) is 5.41 Å². The predicted molar refractivity (Wildman–Crippen MR) is 115 cm³/mol. The van der Waals surface area contributed by atoms with Gasteiger partial charge in [-0.25, -0.2) is 4.99 Å². The molecular weight excluding hydrogens is 431 g/mol. The number of hydrogen-bond donors (Lipinski definition) is 2. The second kappa shape index (κ2) is 12.5. The summed E-state index contributed by atoms with van der Waals surface area (Å²) in [7, 11) is 5.24. The standard InChI is InChI=1S/C18H34N4O2.HI/c1-15(2)12-19-17(20-13-16(23)22(3)4)21-14-18(10-11-24-5)8-6-7-9-18;/h1,6-14H2,2-5H3,(H2,19,20,21);1H. The highest BCUT2D eigenvalue weighted by molar-refractivity contribution is 14.0. The number of nitrogens with one attached hydrogen (secondary N) is 2. The molecule has 0 heterocycles. The van der Waals surface area contributed by atoms with Gasteiger partial charge in [-0.3, -0.25) is 4.79 Å². The highest BCUT2D eigenvalue weighted by Gasteiger charge is 2.33. The van der Waals surface area contributed by atoms with Crippen LogP contribution in [-0.4, -0.2) is 64.2 Å². The maximum atomic E-state index is 11.8. The number of rotatable bonds is 9. The number of hydrogen-bond acceptors (Lipinski definition) is 3. The summed E-state index contributed by atoms with van der Waals surface area (Å²) in [6.45, 7) is 8.30. The van der Waals surface area contributed by atoms with Gasteiger partial charge in [0.1, 0.15) is 6.54 Å². The summed E-state index contributed by atoms with van der Waals surface area (Å²) in [5.74, 6) is 0.665. The molecule has 2 N–H and O–H groups in total. The van der Waals surface area contributed by atoms with Crippen molar-refractivity contribution in [3.63, 3.8) is 0 Å². The van der Waals surface area contributed by atoms with E-state index in [1.54, 1.807) is 26.1 Å². The van der Waals surface area contributed by atoms with Crippen molar-refractivity contribution < 1.29 is 9.53 Å². The molecule has 146 valence electrons. The van der Waals surface area contributed by atoms with Crippen molar-refractivity contribution >= 4 is 35.8 Å². The monoisotopic (exact) mass is 466 g/mol. The molecule has 0 aromatic carbocycles. The molecule has 0 aromatic heterocycles. The number of halogens is 1. The van der Waals surface area contributed by atoms with Crippen molar-refractivity contribution in [2.24, 2.45) is 10.4 Å². The van der Waals surface area contributed by atoms with E-state index in [1.807, 2.05) is 6.92 Å². The van der Waals surface area contributed by atoms with Crippen molar-refractivity contribution in [1.82, 2.24) is 15.5 Å². The molecule has 1 rings (SSSR count). The number of ether oxygens (including phenoxy) is 1. The van der Waals surface area contributed by atoms with E-state index in [1.165, 1.54) is 25.7 Å². The van der Waals surface area contributed by atoms with Crippen LogP contribution in [0.2, 0.25) is 0 Å². The summed E-state index contributed by atoms with van der Waals surface area (Å²) in [4.78, 5) is 17.8. The van der Waals surface area contributed by atoms with E-state index in [4.69, 9.17) is 4.74 Å². The zero-order valence-corrected chi connectivity index (χ0v) is 18.5. The lowest BCUT2D eigenvalue weighted by Crippen LogP contribution is -2.44. The van der Waals surface area contributed by atoms with Gasteiger partial charge >= 0.3 is 0 Å². The van der Waals surface area contributed by atoms with Crippen molar-refractivity contribution in [2.45, 2.75) is 39.0 Å². The molecule has 0 saturated heterocycles. The smallest absolute Gasteiger partial charge is 0.243 e. The van der Waals surface area contributed by atoms with Crippen molar-refractivity contribution in [2.75, 3.05) is 47.4 Å². The van der Waals surface area contributed by atoms with Crippen LogP contribution in [0.25, 0.3) is 0 Å². The summed E-state index contributed by atoms with van der Waals surface area (Å²) in [5, 5.41) is 6.68. The fraction of sp³-hybridized carbons (Fsp3) is 0.778. The van der Waals surface area contributed by atoms with E-state index < -0.39 is 0 Å². The van der Waals surface area contributed by atoms with Gasteiger partial charge in [-0.05, 0) is 31.6 Å². The lowest BCUT2D eigenvalue weighted by Gasteiger charge is -2.30. The topological polar surface area (TPSA) is 66.0 Å². The molecule has 1 saturated carbocycles. The summed E-state index contributed by atoms with van der Waals surface area (Å²) in [5.41, 5.74) is 1.30. The van der Waals surface area contributed by atoms with E-state index in [9.17, 15) is 4.79 Å². The van der Waals surface area contributed by atoms with Gasteiger partial charge in [0.2, 0.25) is 5.91 Å². The number of carbonyl (C=O) groups excluding carboxylic acids is 1. The van der Waals surface area contributed by atoms with Crippen LogP contribution < -0.4 is 10.6 Å². The number of nitrogens with zero attached hydrogens (tertiary/aromatic N) is 2. The zero-order chi connectivity index (χ0) is 18.0. The Balaban J connectivity index is 0.00000576. The van der Waals surface area contributed by atoms with E-state index in [2.05, 4.69) is 22.2 Å². The molecule has 0 unspecified atom stereocenters. The highest BCUT2D eigenvalue weighted by atomic mass is 127.